The van der Waals surface area contributed by atoms with E-state index in [1.165, 1.54) is 17.0 Å². The van der Waals surface area contributed by atoms with Crippen LogP contribution in [0.15, 0.2) is 35.1 Å². The maximum Gasteiger partial charge on any atom is 0.322 e. The van der Waals surface area contributed by atoms with Crippen LogP contribution in [0.2, 0.25) is 23.2 Å². The van der Waals surface area contributed by atoms with Gasteiger partial charge in [0.2, 0.25) is 0 Å². The van der Waals surface area contributed by atoms with Crippen molar-refractivity contribution in [2.45, 2.75) is 51.5 Å². The Morgan fingerprint density at radius 2 is 1.80 bits per heavy atom. The number of benzene rings is 2. The van der Waals surface area contributed by atoms with E-state index in [0.29, 0.717) is 43.2 Å². The lowest BCUT2D eigenvalue weighted by molar-refractivity contribution is 0.131. The molecular formula is C28H34ClF3N4O3Si. The Morgan fingerprint density at radius 3 is 2.42 bits per heavy atom. The summed E-state index contributed by atoms with van der Waals surface area (Å²) < 4.78 is 48.4. The van der Waals surface area contributed by atoms with E-state index in [-0.39, 0.29) is 20.8 Å². The number of halogens is 4. The number of pyridine rings is 1. The number of hydrogen-bond acceptors (Lipinski definition) is 4. The van der Waals surface area contributed by atoms with Crippen LogP contribution >= 0.6 is 11.6 Å². The second-order valence-electron chi connectivity index (χ2n) is 11.7. The predicted octanol–water partition coefficient (Wildman–Crippen LogP) is 6.64. The van der Waals surface area contributed by atoms with Gasteiger partial charge < -0.3 is 19.6 Å². The van der Waals surface area contributed by atoms with Gasteiger partial charge in [-0.05, 0) is 53.9 Å². The number of urea groups is 1. The second kappa shape index (κ2) is 11.2. The highest BCUT2D eigenvalue weighted by atomic mass is 35.5. The highest BCUT2D eigenvalue weighted by molar-refractivity contribution is 6.74. The molecule has 0 saturated heterocycles. The van der Waals surface area contributed by atoms with E-state index in [0.717, 1.165) is 18.2 Å². The van der Waals surface area contributed by atoms with Crippen LogP contribution in [-0.4, -0.2) is 55.9 Å². The number of aromatic nitrogens is 1. The van der Waals surface area contributed by atoms with Gasteiger partial charge in [0.25, 0.3) is 5.56 Å². The van der Waals surface area contributed by atoms with Crippen LogP contribution in [0.5, 0.6) is 0 Å². The molecule has 4 rings (SSSR count). The predicted molar refractivity (Wildman–Crippen MR) is 154 cm³/mol. The first-order valence-corrected chi connectivity index (χ1v) is 16.3. The minimum atomic E-state index is -2.00. The summed E-state index contributed by atoms with van der Waals surface area (Å²) in [4.78, 5) is 32.5. The number of nitrogens with one attached hydrogen (secondary N) is 2. The largest absolute Gasteiger partial charge is 0.416 e. The van der Waals surface area contributed by atoms with Gasteiger partial charge in [0.15, 0.2) is 20.0 Å². The van der Waals surface area contributed by atoms with E-state index >= 15 is 0 Å². The maximum absolute atomic E-state index is 14.4. The molecule has 216 valence electrons. The molecule has 0 saturated carbocycles. The molecule has 2 heterocycles. The third kappa shape index (κ3) is 6.07. The molecule has 0 spiro atoms. The Kier molecular flexibility index (Phi) is 8.42. The molecule has 1 aromatic heterocycles. The minimum absolute atomic E-state index is 0.00325. The fourth-order valence-electron chi connectivity index (χ4n) is 4.58. The molecule has 1 aliphatic heterocycles. The summed E-state index contributed by atoms with van der Waals surface area (Å²) in [7, 11) is -0.430. The van der Waals surface area contributed by atoms with Crippen LogP contribution in [0.1, 0.15) is 38.1 Å². The number of nitrogens with zero attached hydrogens (tertiary/aromatic N) is 2. The molecule has 1 aliphatic rings. The summed E-state index contributed by atoms with van der Waals surface area (Å²) in [5, 5.41) is 2.84. The molecular weight excluding hydrogens is 561 g/mol. The van der Waals surface area contributed by atoms with Crippen LogP contribution in [0.25, 0.3) is 10.8 Å². The number of H-pyrrole nitrogens is 1. The molecule has 0 aliphatic carbocycles. The van der Waals surface area contributed by atoms with Crippen molar-refractivity contribution in [3.63, 3.8) is 0 Å². The van der Waals surface area contributed by atoms with Crippen molar-refractivity contribution in [2.24, 2.45) is 0 Å². The van der Waals surface area contributed by atoms with Crippen molar-refractivity contribution < 1.29 is 22.4 Å². The molecule has 7 nitrogen and oxygen atoms in total. The monoisotopic (exact) mass is 594 g/mol. The van der Waals surface area contributed by atoms with Gasteiger partial charge in [-0.2, -0.15) is 0 Å². The zero-order valence-corrected chi connectivity index (χ0v) is 25.2. The Balaban J connectivity index is 1.69. The van der Waals surface area contributed by atoms with Gasteiger partial charge in [-0.15, -0.1) is 0 Å². The molecule has 2 amide bonds. The number of carbonyl (C=O) groups excluding carboxylic acids is 1. The van der Waals surface area contributed by atoms with Gasteiger partial charge in [-0.1, -0.05) is 32.4 Å². The molecule has 1 atom stereocenters. The van der Waals surface area contributed by atoms with Crippen molar-refractivity contribution in [1.82, 2.24) is 14.8 Å². The number of fused-ring (bicyclic) bond motifs is 3. The average Bonchev–Trinajstić information content (AvgIpc) is 2.85. The van der Waals surface area contributed by atoms with Crippen molar-refractivity contribution >= 4 is 42.4 Å². The molecule has 0 fully saturated rings. The van der Waals surface area contributed by atoms with E-state index in [9.17, 15) is 22.8 Å². The lowest BCUT2D eigenvalue weighted by atomic mass is 9.93. The number of anilines is 1. The van der Waals surface area contributed by atoms with Crippen molar-refractivity contribution in [3.05, 3.63) is 74.4 Å². The van der Waals surface area contributed by atoms with Crippen molar-refractivity contribution in [1.29, 1.82) is 0 Å². The van der Waals surface area contributed by atoms with Crippen molar-refractivity contribution in [2.75, 3.05) is 32.1 Å². The molecule has 2 N–H and O–H groups in total. The van der Waals surface area contributed by atoms with Gasteiger partial charge in [0.05, 0.1) is 16.5 Å². The Morgan fingerprint density at radius 1 is 1.15 bits per heavy atom. The normalized spacial score (nSPS) is 16.2. The molecule has 2 aromatic carbocycles. The van der Waals surface area contributed by atoms with Gasteiger partial charge in [-0.3, -0.25) is 9.69 Å². The zero-order valence-electron chi connectivity index (χ0n) is 23.4. The van der Waals surface area contributed by atoms with E-state index < -0.39 is 43.4 Å². The summed E-state index contributed by atoms with van der Waals surface area (Å²) in [5.74, 6) is -2.83. The van der Waals surface area contributed by atoms with Gasteiger partial charge in [0.1, 0.15) is 5.82 Å². The van der Waals surface area contributed by atoms with E-state index in [2.05, 4.69) is 49.1 Å². The lowest BCUT2D eigenvalue weighted by Gasteiger charge is -2.40. The number of aromatic amines is 1. The summed E-state index contributed by atoms with van der Waals surface area (Å²) in [6, 6.07) is 4.54. The van der Waals surface area contributed by atoms with E-state index in [1.54, 1.807) is 7.05 Å². The number of likely N-dealkylation sites (N-methyl/N-ethyl adjacent to an activating group) is 1. The lowest BCUT2D eigenvalue weighted by Crippen LogP contribution is -2.47. The standard InChI is InChI=1S/C28H34ClF3N4O3Si/c1-28(2,3)40(5,6)39-10-9-36-14-23-25(17-12-21(31)22(32)13-18(17)26(37)34-23)24(15-36)35(4)27(38)33-16-7-8-20(30)19(29)11-16/h7-8,11-13,24H,9-10,14-15H2,1-6H3,(H,33,38)(H,34,37). The van der Waals surface area contributed by atoms with Crippen LogP contribution in [-0.2, 0) is 11.0 Å². The first-order chi connectivity index (χ1) is 18.6. The third-order valence-corrected chi connectivity index (χ3v) is 12.8. The van der Waals surface area contributed by atoms with E-state index in [4.69, 9.17) is 16.0 Å². The molecule has 3 aromatic rings. The highest BCUT2D eigenvalue weighted by Crippen LogP contribution is 2.37. The second-order valence-corrected chi connectivity index (χ2v) is 16.9. The topological polar surface area (TPSA) is 77.7 Å². The fourth-order valence-corrected chi connectivity index (χ4v) is 5.80. The zero-order chi connectivity index (χ0) is 29.6. The number of amides is 2. The number of carbonyl (C=O) groups is 1. The first-order valence-electron chi connectivity index (χ1n) is 13.0. The number of rotatable bonds is 6. The first kappa shape index (κ1) is 30.1. The Labute approximate surface area is 237 Å². The Hall–Kier alpha value is -2.86. The highest BCUT2D eigenvalue weighted by Gasteiger charge is 2.38. The summed E-state index contributed by atoms with van der Waals surface area (Å²) in [6.07, 6.45) is 0. The van der Waals surface area contributed by atoms with Crippen LogP contribution < -0.4 is 10.9 Å². The van der Waals surface area contributed by atoms with E-state index in [1.807, 2.05) is 0 Å². The van der Waals surface area contributed by atoms with Gasteiger partial charge >= 0.3 is 6.03 Å². The average molecular weight is 595 g/mol. The molecule has 0 bridgehead atoms. The van der Waals surface area contributed by atoms with Gasteiger partial charge in [0, 0.05) is 50.2 Å². The SMILES string of the molecule is CN(C(=O)Nc1ccc(F)c(Cl)c1)C1CN(CCO[Si](C)(C)C(C)(C)C)Cc2[nH]c(=O)c3cc(F)c(F)cc3c21. The molecule has 0 radical (unpaired) electrons. The summed E-state index contributed by atoms with van der Waals surface area (Å²) in [5.41, 5.74) is 0.790. The minimum Gasteiger partial charge on any atom is -0.416 e. The number of hydrogen-bond donors (Lipinski definition) is 2. The molecule has 1 unspecified atom stereocenters. The fraction of sp³-hybridized carbons (Fsp3) is 0.429. The summed E-state index contributed by atoms with van der Waals surface area (Å²) >= 11 is 5.87. The quantitative estimate of drug-likeness (QED) is 0.314. The van der Waals surface area contributed by atoms with Crippen LogP contribution in [0.4, 0.5) is 23.7 Å². The smallest absolute Gasteiger partial charge is 0.322 e. The molecule has 40 heavy (non-hydrogen) atoms. The molecule has 12 heteroatoms. The van der Waals surface area contributed by atoms with Gasteiger partial charge in [-0.25, -0.2) is 18.0 Å². The third-order valence-electron chi connectivity index (χ3n) is 7.97. The summed E-state index contributed by atoms with van der Waals surface area (Å²) in [6.45, 7) is 12.5. The Bertz CT molecular complexity index is 1510. The van der Waals surface area contributed by atoms with Crippen LogP contribution in [0, 0.1) is 17.5 Å². The maximum atomic E-state index is 14.4. The van der Waals surface area contributed by atoms with Crippen molar-refractivity contribution in [3.8, 4) is 0 Å². The van der Waals surface area contributed by atoms with Crippen LogP contribution in [0.3, 0.4) is 0 Å².